The minimum atomic E-state index is -0.473. The van der Waals surface area contributed by atoms with E-state index in [1.807, 2.05) is 45.8 Å². The Morgan fingerprint density at radius 3 is 2.78 bits per heavy atom. The molecule has 2 rings (SSSR count). The number of aryl methyl sites for hydroxylation is 2. The van der Waals surface area contributed by atoms with Crippen molar-refractivity contribution in [3.8, 4) is 0 Å². The van der Waals surface area contributed by atoms with Gasteiger partial charge in [0.15, 0.2) is 0 Å². The summed E-state index contributed by atoms with van der Waals surface area (Å²) in [5.41, 5.74) is 0.630. The maximum atomic E-state index is 11.6. The molecule has 2 heterocycles. The molecule has 23 heavy (non-hydrogen) atoms. The predicted molar refractivity (Wildman–Crippen MR) is 87.0 cm³/mol. The van der Waals surface area contributed by atoms with E-state index in [9.17, 15) is 4.79 Å². The van der Waals surface area contributed by atoms with Crippen molar-refractivity contribution in [2.24, 2.45) is 0 Å². The van der Waals surface area contributed by atoms with Crippen molar-refractivity contribution in [2.45, 2.75) is 52.3 Å². The summed E-state index contributed by atoms with van der Waals surface area (Å²) >= 11 is 0. The minimum absolute atomic E-state index is 0.385. The first kappa shape index (κ1) is 17.1. The van der Waals surface area contributed by atoms with E-state index in [-0.39, 0.29) is 6.09 Å². The Morgan fingerprint density at radius 2 is 2.09 bits per heavy atom. The van der Waals surface area contributed by atoms with Crippen molar-refractivity contribution in [1.29, 1.82) is 0 Å². The molecular formula is C16H25N5O2. The largest absolute Gasteiger partial charge is 0.444 e. The quantitative estimate of drug-likeness (QED) is 0.849. The van der Waals surface area contributed by atoms with Gasteiger partial charge in [-0.15, -0.1) is 0 Å². The summed E-state index contributed by atoms with van der Waals surface area (Å²) in [6.45, 7) is 7.89. The van der Waals surface area contributed by atoms with Crippen LogP contribution < -0.4 is 5.32 Å². The van der Waals surface area contributed by atoms with Crippen LogP contribution in [0.4, 0.5) is 4.79 Å². The van der Waals surface area contributed by atoms with E-state index in [1.54, 1.807) is 6.20 Å². The summed E-state index contributed by atoms with van der Waals surface area (Å²) in [4.78, 5) is 19.8. The summed E-state index contributed by atoms with van der Waals surface area (Å²) in [7, 11) is 0. The molecule has 0 aliphatic heterocycles. The number of hydrogen-bond donors (Lipinski definition) is 1. The second kappa shape index (κ2) is 7.80. The third-order valence-electron chi connectivity index (χ3n) is 3.22. The molecule has 0 aliphatic carbocycles. The van der Waals surface area contributed by atoms with Gasteiger partial charge in [0.2, 0.25) is 0 Å². The lowest BCUT2D eigenvalue weighted by Gasteiger charge is -2.19. The number of rotatable bonds is 7. The minimum Gasteiger partial charge on any atom is -0.444 e. The van der Waals surface area contributed by atoms with Crippen molar-refractivity contribution < 1.29 is 9.53 Å². The molecule has 1 N–H and O–H groups in total. The Kier molecular flexibility index (Phi) is 5.78. The van der Waals surface area contributed by atoms with E-state index in [0.29, 0.717) is 6.54 Å². The number of hydrogen-bond acceptors (Lipinski definition) is 4. The topological polar surface area (TPSA) is 74.0 Å². The lowest BCUT2D eigenvalue weighted by Crippen LogP contribution is -2.33. The highest BCUT2D eigenvalue weighted by molar-refractivity contribution is 5.67. The molecule has 2 aromatic heterocycles. The van der Waals surface area contributed by atoms with Crippen LogP contribution in [0.1, 0.15) is 32.9 Å². The normalized spacial score (nSPS) is 11.4. The van der Waals surface area contributed by atoms with Crippen LogP contribution >= 0.6 is 0 Å². The van der Waals surface area contributed by atoms with Crippen LogP contribution in [0.25, 0.3) is 0 Å². The SMILES string of the molecule is CC(C)(C)OC(=O)NCCc1cncn1CCCn1ccnc1. The van der Waals surface area contributed by atoms with Gasteiger partial charge in [-0.3, -0.25) is 0 Å². The fourth-order valence-corrected chi connectivity index (χ4v) is 2.21. The Morgan fingerprint density at radius 1 is 1.26 bits per heavy atom. The van der Waals surface area contributed by atoms with Gasteiger partial charge in [0.1, 0.15) is 5.60 Å². The molecule has 0 aliphatic rings. The van der Waals surface area contributed by atoms with E-state index in [4.69, 9.17) is 4.74 Å². The molecule has 7 heteroatoms. The van der Waals surface area contributed by atoms with Crippen molar-refractivity contribution in [2.75, 3.05) is 6.54 Å². The molecule has 126 valence electrons. The molecule has 0 saturated carbocycles. The van der Waals surface area contributed by atoms with Gasteiger partial charge in [0, 0.05) is 50.3 Å². The highest BCUT2D eigenvalue weighted by Gasteiger charge is 2.15. The number of carbonyl (C=O) groups excluding carboxylic acids is 1. The number of aromatic nitrogens is 4. The fraction of sp³-hybridized carbons (Fsp3) is 0.562. The van der Waals surface area contributed by atoms with Gasteiger partial charge in [-0.05, 0) is 27.2 Å². The smallest absolute Gasteiger partial charge is 0.407 e. The summed E-state index contributed by atoms with van der Waals surface area (Å²) in [5, 5.41) is 2.77. The van der Waals surface area contributed by atoms with Gasteiger partial charge in [0.25, 0.3) is 0 Å². The third-order valence-corrected chi connectivity index (χ3v) is 3.22. The lowest BCUT2D eigenvalue weighted by molar-refractivity contribution is 0.0528. The zero-order valence-electron chi connectivity index (χ0n) is 14.0. The van der Waals surface area contributed by atoms with E-state index >= 15 is 0 Å². The average Bonchev–Trinajstić information content (AvgIpc) is 3.09. The molecule has 0 radical (unpaired) electrons. The number of imidazole rings is 2. The van der Waals surface area contributed by atoms with Gasteiger partial charge in [-0.2, -0.15) is 0 Å². The number of amides is 1. The number of nitrogens with zero attached hydrogens (tertiary/aromatic N) is 4. The number of carbonyl (C=O) groups is 1. The zero-order valence-corrected chi connectivity index (χ0v) is 14.0. The second-order valence-corrected chi connectivity index (χ2v) is 6.41. The number of ether oxygens (including phenoxy) is 1. The Balaban J connectivity index is 1.72. The first-order valence-electron chi connectivity index (χ1n) is 7.85. The van der Waals surface area contributed by atoms with Crippen molar-refractivity contribution in [3.63, 3.8) is 0 Å². The van der Waals surface area contributed by atoms with Crippen LogP contribution in [0.3, 0.4) is 0 Å². The summed E-state index contributed by atoms with van der Waals surface area (Å²) in [5.74, 6) is 0. The standard InChI is InChI=1S/C16H25N5O2/c1-16(2,3)23-15(22)19-6-5-14-11-18-13-21(14)9-4-8-20-10-7-17-12-20/h7,10-13H,4-6,8-9H2,1-3H3,(H,19,22). The molecule has 0 atom stereocenters. The van der Waals surface area contributed by atoms with E-state index < -0.39 is 5.60 Å². The molecule has 0 saturated heterocycles. The summed E-state index contributed by atoms with van der Waals surface area (Å²) in [6.07, 6.45) is 10.6. The maximum Gasteiger partial charge on any atom is 0.407 e. The molecule has 0 bridgehead atoms. The van der Waals surface area contributed by atoms with Gasteiger partial charge >= 0.3 is 6.09 Å². The first-order valence-corrected chi connectivity index (χ1v) is 7.85. The van der Waals surface area contributed by atoms with Crippen LogP contribution in [-0.4, -0.2) is 37.3 Å². The lowest BCUT2D eigenvalue weighted by atomic mass is 10.2. The Bertz CT molecular complexity index is 598. The first-order chi connectivity index (χ1) is 10.9. The molecule has 2 aromatic rings. The number of alkyl carbamates (subject to hydrolysis) is 1. The Labute approximate surface area is 136 Å². The fourth-order valence-electron chi connectivity index (χ4n) is 2.21. The van der Waals surface area contributed by atoms with Gasteiger partial charge in [-0.1, -0.05) is 0 Å². The molecule has 0 unspecified atom stereocenters. The highest BCUT2D eigenvalue weighted by atomic mass is 16.6. The van der Waals surface area contributed by atoms with Crippen molar-refractivity contribution >= 4 is 6.09 Å². The highest BCUT2D eigenvalue weighted by Crippen LogP contribution is 2.07. The van der Waals surface area contributed by atoms with Gasteiger partial charge in [0.05, 0.1) is 12.7 Å². The molecule has 1 amide bonds. The van der Waals surface area contributed by atoms with Crippen molar-refractivity contribution in [1.82, 2.24) is 24.4 Å². The van der Waals surface area contributed by atoms with Crippen LogP contribution in [0.15, 0.2) is 31.2 Å². The molecule has 0 spiro atoms. The third kappa shape index (κ3) is 6.14. The zero-order chi connectivity index (χ0) is 16.7. The van der Waals surface area contributed by atoms with Crippen LogP contribution in [0.5, 0.6) is 0 Å². The molecular weight excluding hydrogens is 294 g/mol. The van der Waals surface area contributed by atoms with E-state index in [2.05, 4.69) is 24.4 Å². The van der Waals surface area contributed by atoms with Gasteiger partial charge < -0.3 is 19.2 Å². The molecule has 7 nitrogen and oxygen atoms in total. The van der Waals surface area contributed by atoms with E-state index in [0.717, 1.165) is 31.6 Å². The van der Waals surface area contributed by atoms with Crippen LogP contribution in [-0.2, 0) is 24.2 Å². The average molecular weight is 319 g/mol. The summed E-state index contributed by atoms with van der Waals surface area (Å²) < 4.78 is 9.39. The second-order valence-electron chi connectivity index (χ2n) is 6.41. The van der Waals surface area contributed by atoms with Gasteiger partial charge in [-0.25, -0.2) is 14.8 Å². The van der Waals surface area contributed by atoms with Crippen molar-refractivity contribution in [3.05, 3.63) is 36.9 Å². The Hall–Kier alpha value is -2.31. The van der Waals surface area contributed by atoms with E-state index in [1.165, 1.54) is 0 Å². The number of nitrogens with one attached hydrogen (secondary N) is 1. The molecule has 0 aromatic carbocycles. The van der Waals surface area contributed by atoms with Crippen LogP contribution in [0, 0.1) is 0 Å². The monoisotopic (exact) mass is 319 g/mol. The summed E-state index contributed by atoms with van der Waals surface area (Å²) in [6, 6.07) is 0. The maximum absolute atomic E-state index is 11.6. The predicted octanol–water partition coefficient (Wildman–Crippen LogP) is 2.24. The molecule has 0 fully saturated rings. The van der Waals surface area contributed by atoms with Crippen LogP contribution in [0.2, 0.25) is 0 Å².